The number of benzene rings is 2. The van der Waals surface area contributed by atoms with Crippen molar-refractivity contribution in [2.24, 2.45) is 0 Å². The van der Waals surface area contributed by atoms with Crippen LogP contribution in [0.3, 0.4) is 0 Å². The molecule has 2 aromatic carbocycles. The Balaban J connectivity index is 1.77. The Kier molecular flexibility index (Phi) is 5.64. The van der Waals surface area contributed by atoms with Crippen molar-refractivity contribution in [3.05, 3.63) is 89.7 Å². The number of aromatic nitrogens is 1. The second kappa shape index (κ2) is 8.30. The largest absolute Gasteiger partial charge is 0.348 e. The summed E-state index contributed by atoms with van der Waals surface area (Å²) in [5.41, 5.74) is 4.83. The molecule has 1 heterocycles. The van der Waals surface area contributed by atoms with Crippen LogP contribution in [0.2, 0.25) is 0 Å². The van der Waals surface area contributed by atoms with Crippen LogP contribution in [0.5, 0.6) is 0 Å². The Morgan fingerprint density at radius 1 is 1.00 bits per heavy atom. The van der Waals surface area contributed by atoms with E-state index in [1.54, 1.807) is 12.4 Å². The van der Waals surface area contributed by atoms with Crippen molar-refractivity contribution in [2.45, 2.75) is 20.4 Å². The van der Waals surface area contributed by atoms with Gasteiger partial charge in [0.15, 0.2) is 0 Å². The smallest absolute Gasteiger partial charge is 0.253 e. The van der Waals surface area contributed by atoms with Gasteiger partial charge < -0.3 is 10.2 Å². The number of hydrogen-bond donors (Lipinski definition) is 1. The summed E-state index contributed by atoms with van der Waals surface area (Å²) in [5, 5.41) is 2.95. The molecule has 0 unspecified atom stereocenters. The number of nitrogens with one attached hydrogen (secondary N) is 1. The zero-order chi connectivity index (χ0) is 18.4. The monoisotopic (exact) mass is 345 g/mol. The molecular weight excluding hydrogens is 322 g/mol. The zero-order valence-corrected chi connectivity index (χ0v) is 15.1. The maximum absolute atomic E-state index is 12.5. The van der Waals surface area contributed by atoms with Gasteiger partial charge in [-0.15, -0.1) is 0 Å². The fraction of sp³-hybridized carbons (Fsp3) is 0.182. The van der Waals surface area contributed by atoms with Gasteiger partial charge in [0, 0.05) is 25.0 Å². The third kappa shape index (κ3) is 4.28. The summed E-state index contributed by atoms with van der Waals surface area (Å²) >= 11 is 0. The van der Waals surface area contributed by atoms with E-state index in [1.165, 1.54) is 5.56 Å². The Morgan fingerprint density at radius 2 is 1.81 bits per heavy atom. The van der Waals surface area contributed by atoms with Crippen molar-refractivity contribution < 1.29 is 4.79 Å². The highest BCUT2D eigenvalue weighted by Crippen LogP contribution is 2.25. The zero-order valence-electron chi connectivity index (χ0n) is 15.1. The first-order valence-electron chi connectivity index (χ1n) is 8.78. The van der Waals surface area contributed by atoms with Gasteiger partial charge in [0.05, 0.1) is 17.4 Å². The maximum Gasteiger partial charge on any atom is 0.253 e. The summed E-state index contributed by atoms with van der Waals surface area (Å²) in [4.78, 5) is 18.9. The van der Waals surface area contributed by atoms with Crippen LogP contribution in [0.25, 0.3) is 0 Å². The molecule has 0 saturated carbocycles. The summed E-state index contributed by atoms with van der Waals surface area (Å²) in [6.07, 6.45) is 3.40. The molecule has 0 saturated heterocycles. The van der Waals surface area contributed by atoms with Crippen LogP contribution in [-0.2, 0) is 6.54 Å². The number of carbonyl (C=O) groups excluding carboxylic acids is 1. The third-order valence-electron chi connectivity index (χ3n) is 4.22. The van der Waals surface area contributed by atoms with Crippen molar-refractivity contribution in [1.82, 2.24) is 10.3 Å². The summed E-state index contributed by atoms with van der Waals surface area (Å²) in [5.74, 6) is -0.122. The van der Waals surface area contributed by atoms with E-state index in [2.05, 4.69) is 47.2 Å². The third-order valence-corrected chi connectivity index (χ3v) is 4.22. The molecule has 1 N–H and O–H groups in total. The molecule has 0 atom stereocenters. The lowest BCUT2D eigenvalue weighted by Crippen LogP contribution is -2.23. The lowest BCUT2D eigenvalue weighted by Gasteiger charge is -2.23. The highest BCUT2D eigenvalue weighted by atomic mass is 16.1. The molecule has 0 radical (unpaired) electrons. The fourth-order valence-electron chi connectivity index (χ4n) is 2.89. The van der Waals surface area contributed by atoms with Crippen LogP contribution in [-0.4, -0.2) is 17.4 Å². The Morgan fingerprint density at radius 3 is 2.54 bits per heavy atom. The normalized spacial score (nSPS) is 10.4. The molecule has 0 aliphatic carbocycles. The number of amides is 1. The van der Waals surface area contributed by atoms with Crippen molar-refractivity contribution in [3.8, 4) is 0 Å². The summed E-state index contributed by atoms with van der Waals surface area (Å²) in [7, 11) is 0. The van der Waals surface area contributed by atoms with Crippen LogP contribution in [0.4, 0.5) is 11.4 Å². The van der Waals surface area contributed by atoms with E-state index in [9.17, 15) is 4.79 Å². The average molecular weight is 345 g/mol. The first-order chi connectivity index (χ1) is 12.7. The maximum atomic E-state index is 12.5. The van der Waals surface area contributed by atoms with Crippen LogP contribution in [0.1, 0.15) is 28.4 Å². The molecule has 0 bridgehead atoms. The van der Waals surface area contributed by atoms with Gasteiger partial charge in [-0.05, 0) is 43.2 Å². The van der Waals surface area contributed by atoms with Gasteiger partial charge in [-0.1, -0.05) is 42.5 Å². The van der Waals surface area contributed by atoms with Gasteiger partial charge in [-0.25, -0.2) is 0 Å². The number of aryl methyl sites for hydroxylation is 1. The number of nitrogens with zero attached hydrogens (tertiary/aromatic N) is 2. The second-order valence-electron chi connectivity index (χ2n) is 6.18. The van der Waals surface area contributed by atoms with E-state index in [-0.39, 0.29) is 5.91 Å². The van der Waals surface area contributed by atoms with Crippen molar-refractivity contribution >= 4 is 17.3 Å². The number of anilines is 2. The second-order valence-corrected chi connectivity index (χ2v) is 6.18. The lowest BCUT2D eigenvalue weighted by molar-refractivity contribution is 0.0950. The average Bonchev–Trinajstić information content (AvgIpc) is 2.68. The predicted octanol–water partition coefficient (Wildman–Crippen LogP) is 4.48. The Hall–Kier alpha value is -3.14. The Labute approximate surface area is 154 Å². The van der Waals surface area contributed by atoms with Crippen LogP contribution >= 0.6 is 0 Å². The van der Waals surface area contributed by atoms with Crippen LogP contribution < -0.4 is 10.2 Å². The van der Waals surface area contributed by atoms with Gasteiger partial charge in [-0.2, -0.15) is 0 Å². The first-order valence-corrected chi connectivity index (χ1v) is 8.78. The highest BCUT2D eigenvalue weighted by molar-refractivity contribution is 5.94. The molecule has 0 fully saturated rings. The standard InChI is InChI=1S/C22H23N3O/c1-3-25(20-11-7-8-17(2)12-20)21-13-19(15-23-16-21)22(26)24-14-18-9-5-4-6-10-18/h4-13,15-16H,3,14H2,1-2H3,(H,24,26). The van der Waals surface area contributed by atoms with E-state index in [0.29, 0.717) is 12.1 Å². The summed E-state index contributed by atoms with van der Waals surface area (Å²) in [6, 6.07) is 20.1. The Bertz CT molecular complexity index is 877. The van der Waals surface area contributed by atoms with Gasteiger partial charge in [-0.3, -0.25) is 9.78 Å². The molecule has 3 aromatic rings. The number of carbonyl (C=O) groups is 1. The minimum atomic E-state index is -0.122. The van der Waals surface area contributed by atoms with Crippen LogP contribution in [0, 0.1) is 6.92 Å². The van der Waals surface area contributed by atoms with E-state index in [1.807, 2.05) is 42.5 Å². The molecule has 26 heavy (non-hydrogen) atoms. The molecule has 4 heteroatoms. The molecule has 1 amide bonds. The predicted molar refractivity (Wildman–Crippen MR) is 106 cm³/mol. The van der Waals surface area contributed by atoms with Crippen molar-refractivity contribution in [3.63, 3.8) is 0 Å². The molecule has 0 aliphatic heterocycles. The minimum Gasteiger partial charge on any atom is -0.348 e. The topological polar surface area (TPSA) is 45.2 Å². The number of rotatable bonds is 6. The van der Waals surface area contributed by atoms with Gasteiger partial charge in [0.1, 0.15) is 0 Å². The summed E-state index contributed by atoms with van der Waals surface area (Å²) in [6.45, 7) is 5.45. The molecule has 132 valence electrons. The molecule has 1 aromatic heterocycles. The molecular formula is C22H23N3O. The van der Waals surface area contributed by atoms with E-state index >= 15 is 0 Å². The highest BCUT2D eigenvalue weighted by Gasteiger charge is 2.12. The van der Waals surface area contributed by atoms with Gasteiger partial charge in [0.25, 0.3) is 5.91 Å². The minimum absolute atomic E-state index is 0.122. The van der Waals surface area contributed by atoms with E-state index < -0.39 is 0 Å². The van der Waals surface area contributed by atoms with E-state index in [4.69, 9.17) is 0 Å². The number of pyridine rings is 1. The summed E-state index contributed by atoms with van der Waals surface area (Å²) < 4.78 is 0. The van der Waals surface area contributed by atoms with Crippen molar-refractivity contribution in [1.29, 1.82) is 0 Å². The fourth-order valence-corrected chi connectivity index (χ4v) is 2.89. The van der Waals surface area contributed by atoms with Crippen LogP contribution in [0.15, 0.2) is 73.1 Å². The quantitative estimate of drug-likeness (QED) is 0.716. The van der Waals surface area contributed by atoms with Crippen molar-refractivity contribution in [2.75, 3.05) is 11.4 Å². The lowest BCUT2D eigenvalue weighted by atomic mass is 10.1. The SMILES string of the molecule is CCN(c1cccc(C)c1)c1cncc(C(=O)NCc2ccccc2)c1. The molecule has 3 rings (SSSR count). The van der Waals surface area contributed by atoms with Gasteiger partial charge >= 0.3 is 0 Å². The van der Waals surface area contributed by atoms with Gasteiger partial charge in [0.2, 0.25) is 0 Å². The molecule has 0 spiro atoms. The number of hydrogen-bond acceptors (Lipinski definition) is 3. The van der Waals surface area contributed by atoms with E-state index in [0.717, 1.165) is 23.5 Å². The molecule has 0 aliphatic rings. The first kappa shape index (κ1) is 17.7. The molecule has 4 nitrogen and oxygen atoms in total.